The number of piperazine rings is 1. The lowest BCUT2D eigenvalue weighted by atomic mass is 9.84. The summed E-state index contributed by atoms with van der Waals surface area (Å²) in [6.07, 6.45) is 7.41. The van der Waals surface area contributed by atoms with Crippen molar-refractivity contribution in [2.45, 2.75) is 65.5 Å². The van der Waals surface area contributed by atoms with Gasteiger partial charge in [0.1, 0.15) is 5.82 Å². The van der Waals surface area contributed by atoms with Crippen molar-refractivity contribution in [2.24, 2.45) is 11.3 Å². The third-order valence-electron chi connectivity index (χ3n) is 7.95. The second kappa shape index (κ2) is 10.6. The molecule has 2 fully saturated rings. The molecule has 0 spiro atoms. The maximum atomic E-state index is 13.1. The molecule has 1 aliphatic carbocycles. The predicted octanol–water partition coefficient (Wildman–Crippen LogP) is 3.55. The first-order valence-electron chi connectivity index (χ1n) is 13.4. The van der Waals surface area contributed by atoms with Crippen LogP contribution in [0.2, 0.25) is 5.02 Å². The summed E-state index contributed by atoms with van der Waals surface area (Å²) in [5.41, 5.74) is 3.04. The highest BCUT2D eigenvalue weighted by atomic mass is 35.5. The molecule has 204 valence electrons. The lowest BCUT2D eigenvalue weighted by molar-refractivity contribution is -0.142. The molecule has 4 heterocycles. The van der Waals surface area contributed by atoms with E-state index >= 15 is 0 Å². The van der Waals surface area contributed by atoms with Gasteiger partial charge in [-0.15, -0.1) is 0 Å². The van der Waals surface area contributed by atoms with Crippen molar-refractivity contribution in [3.63, 3.8) is 0 Å². The number of carbonyl (C=O) groups excluding carboxylic acids is 3. The monoisotopic (exact) mass is 541 g/mol. The van der Waals surface area contributed by atoms with Gasteiger partial charge in [-0.2, -0.15) is 5.10 Å². The van der Waals surface area contributed by atoms with Crippen LogP contribution in [0.5, 0.6) is 0 Å². The third-order valence-corrected chi connectivity index (χ3v) is 8.26. The van der Waals surface area contributed by atoms with E-state index in [1.807, 2.05) is 15.8 Å². The quantitative estimate of drug-likeness (QED) is 0.614. The minimum atomic E-state index is -0.347. The fourth-order valence-corrected chi connectivity index (χ4v) is 6.17. The van der Waals surface area contributed by atoms with E-state index in [9.17, 15) is 14.4 Å². The Labute approximate surface area is 228 Å². The van der Waals surface area contributed by atoms with E-state index in [1.54, 1.807) is 24.1 Å². The molecule has 1 saturated heterocycles. The number of aromatic nitrogens is 3. The molecule has 2 atom stereocenters. The van der Waals surface area contributed by atoms with Crippen molar-refractivity contribution >= 4 is 35.3 Å². The molecule has 11 heteroatoms. The molecule has 10 nitrogen and oxygen atoms in total. The number of rotatable bonds is 4. The van der Waals surface area contributed by atoms with Crippen molar-refractivity contribution in [1.29, 1.82) is 0 Å². The van der Waals surface area contributed by atoms with E-state index in [2.05, 4.69) is 34.6 Å². The first-order chi connectivity index (χ1) is 18.1. The minimum Gasteiger partial charge on any atom is -0.339 e. The van der Waals surface area contributed by atoms with Crippen LogP contribution in [0.25, 0.3) is 11.1 Å². The van der Waals surface area contributed by atoms with Crippen LogP contribution >= 0.6 is 11.6 Å². The fraction of sp³-hybridized carbons (Fsp3) is 0.593. The average Bonchev–Trinajstić information content (AvgIpc) is 3.39. The average molecular weight is 542 g/mol. The number of halogens is 1. The summed E-state index contributed by atoms with van der Waals surface area (Å²) in [6, 6.07) is 1.35. The molecule has 0 radical (unpaired) electrons. The maximum Gasteiger partial charge on any atom is 0.320 e. The van der Waals surface area contributed by atoms with Crippen molar-refractivity contribution in [3.05, 3.63) is 29.2 Å². The largest absolute Gasteiger partial charge is 0.339 e. The lowest BCUT2D eigenvalue weighted by Gasteiger charge is -2.38. The second-order valence-electron chi connectivity index (χ2n) is 11.5. The normalized spacial score (nSPS) is 22.6. The van der Waals surface area contributed by atoms with E-state index in [-0.39, 0.29) is 35.2 Å². The van der Waals surface area contributed by atoms with Crippen LogP contribution in [0.3, 0.4) is 0 Å². The van der Waals surface area contributed by atoms with E-state index in [0.29, 0.717) is 43.4 Å². The summed E-state index contributed by atoms with van der Waals surface area (Å²) in [5, 5.41) is 10.9. The molecule has 3 aliphatic rings. The summed E-state index contributed by atoms with van der Waals surface area (Å²) in [5.74, 6) is 0.462. The van der Waals surface area contributed by atoms with Gasteiger partial charge in [0.2, 0.25) is 11.8 Å². The van der Waals surface area contributed by atoms with Gasteiger partial charge in [0.05, 0.1) is 11.2 Å². The SMILES string of the molecule is CC(=O)N1CCN(C(=O)[C@H]2CCC[C@@H](NC(=O)Nc3cc(-c4cnn5c4CC(C)(C)C5)c(Cl)cn3)C2)CC1. The Bertz CT molecular complexity index is 1240. The van der Waals surface area contributed by atoms with Crippen LogP contribution in [-0.4, -0.2) is 74.6 Å². The predicted molar refractivity (Wildman–Crippen MR) is 145 cm³/mol. The minimum absolute atomic E-state index is 0.0468. The number of urea groups is 1. The van der Waals surface area contributed by atoms with Gasteiger partial charge in [-0.25, -0.2) is 9.78 Å². The molecule has 2 aromatic heterocycles. The smallest absolute Gasteiger partial charge is 0.320 e. The summed E-state index contributed by atoms with van der Waals surface area (Å²) >= 11 is 6.50. The maximum absolute atomic E-state index is 13.1. The van der Waals surface area contributed by atoms with Gasteiger partial charge in [0.25, 0.3) is 0 Å². The highest BCUT2D eigenvalue weighted by molar-refractivity contribution is 6.33. The van der Waals surface area contributed by atoms with Crippen LogP contribution in [0, 0.1) is 11.3 Å². The van der Waals surface area contributed by atoms with E-state index < -0.39 is 0 Å². The highest BCUT2D eigenvalue weighted by Crippen LogP contribution is 2.39. The first-order valence-corrected chi connectivity index (χ1v) is 13.8. The van der Waals surface area contributed by atoms with E-state index in [4.69, 9.17) is 11.6 Å². The first kappa shape index (κ1) is 26.5. The molecule has 2 aliphatic heterocycles. The number of amides is 4. The van der Waals surface area contributed by atoms with E-state index in [0.717, 1.165) is 49.0 Å². The molecular formula is C27H36ClN7O3. The molecule has 5 rings (SSSR count). The van der Waals surface area contributed by atoms with Gasteiger partial charge in [-0.1, -0.05) is 31.9 Å². The second-order valence-corrected chi connectivity index (χ2v) is 12.0. The van der Waals surface area contributed by atoms with Gasteiger partial charge in [0.15, 0.2) is 0 Å². The Kier molecular flexibility index (Phi) is 7.35. The Morgan fingerprint density at radius 1 is 1.05 bits per heavy atom. The molecule has 38 heavy (non-hydrogen) atoms. The molecule has 0 bridgehead atoms. The van der Waals surface area contributed by atoms with E-state index in [1.165, 1.54) is 0 Å². The highest BCUT2D eigenvalue weighted by Gasteiger charge is 2.34. The molecule has 0 unspecified atom stereocenters. The van der Waals surface area contributed by atoms with Crippen LogP contribution in [-0.2, 0) is 22.6 Å². The zero-order valence-electron chi connectivity index (χ0n) is 22.3. The number of hydrogen-bond acceptors (Lipinski definition) is 5. The van der Waals surface area contributed by atoms with Gasteiger partial charge >= 0.3 is 6.03 Å². The molecule has 2 aromatic rings. The van der Waals surface area contributed by atoms with Crippen LogP contribution in [0.4, 0.5) is 10.6 Å². The molecule has 0 aromatic carbocycles. The molecule has 1 saturated carbocycles. The number of pyridine rings is 1. The van der Waals surface area contributed by atoms with Crippen molar-refractivity contribution in [1.82, 2.24) is 29.9 Å². The molecular weight excluding hydrogens is 506 g/mol. The summed E-state index contributed by atoms with van der Waals surface area (Å²) in [4.78, 5) is 45.5. The number of nitrogens with zero attached hydrogens (tertiary/aromatic N) is 5. The Balaban J connectivity index is 1.18. The van der Waals surface area contributed by atoms with Gasteiger partial charge in [-0.3, -0.25) is 19.6 Å². The van der Waals surface area contributed by atoms with Crippen molar-refractivity contribution < 1.29 is 14.4 Å². The number of anilines is 1. The van der Waals surface area contributed by atoms with Crippen LogP contribution in [0.1, 0.15) is 52.1 Å². The Morgan fingerprint density at radius 3 is 2.53 bits per heavy atom. The topological polar surface area (TPSA) is 112 Å². The van der Waals surface area contributed by atoms with Crippen LogP contribution < -0.4 is 10.6 Å². The summed E-state index contributed by atoms with van der Waals surface area (Å²) < 4.78 is 2.02. The zero-order valence-corrected chi connectivity index (χ0v) is 23.1. The van der Waals surface area contributed by atoms with Crippen LogP contribution in [0.15, 0.2) is 18.5 Å². The van der Waals surface area contributed by atoms with Gasteiger partial charge in [0, 0.05) is 74.6 Å². The van der Waals surface area contributed by atoms with Crippen molar-refractivity contribution in [2.75, 3.05) is 31.5 Å². The Hall–Kier alpha value is -3.14. The number of hydrogen-bond donors (Lipinski definition) is 2. The fourth-order valence-electron chi connectivity index (χ4n) is 5.97. The van der Waals surface area contributed by atoms with Gasteiger partial charge < -0.3 is 15.1 Å². The number of fused-ring (bicyclic) bond motifs is 1. The molecule has 4 amide bonds. The summed E-state index contributed by atoms with van der Waals surface area (Å²) in [7, 11) is 0. The standard InChI is InChI=1S/C27H36ClN7O3/c1-17(36)33-7-9-34(10-8-33)25(37)18-5-4-6-19(11-18)31-26(38)32-24-12-20(22(28)15-29-24)21-14-30-35-16-27(2,3)13-23(21)35/h12,14-15,18-19H,4-11,13,16H2,1-3H3,(H2,29,31,32,38)/t18-,19+/m0/s1. The number of nitrogens with one attached hydrogen (secondary N) is 2. The molecule has 2 N–H and O–H groups in total. The third kappa shape index (κ3) is 5.65. The lowest BCUT2D eigenvalue weighted by Crippen LogP contribution is -2.52. The summed E-state index contributed by atoms with van der Waals surface area (Å²) in [6.45, 7) is 9.14. The van der Waals surface area contributed by atoms with Gasteiger partial charge in [-0.05, 0) is 37.2 Å². The van der Waals surface area contributed by atoms with Crippen molar-refractivity contribution in [3.8, 4) is 11.1 Å². The zero-order chi connectivity index (χ0) is 27.0. The number of carbonyl (C=O) groups is 3. The Morgan fingerprint density at radius 2 is 1.79 bits per heavy atom.